The maximum atomic E-state index is 10.9. The van der Waals surface area contributed by atoms with Crippen LogP contribution in [0.1, 0.15) is 72.1 Å². The Kier molecular flexibility index (Phi) is 2.89. The molecular weight excluding hydrogens is 272 g/mol. The first-order valence-corrected chi connectivity index (χ1v) is 9.23. The second-order valence-corrected chi connectivity index (χ2v) is 9.92. The average Bonchev–Trinajstić information content (AvgIpc) is 2.60. The maximum absolute atomic E-state index is 10.9. The van der Waals surface area contributed by atoms with Gasteiger partial charge in [-0.05, 0) is 85.0 Å². The van der Waals surface area contributed by atoms with E-state index in [4.69, 9.17) is 0 Å². The van der Waals surface area contributed by atoms with E-state index >= 15 is 0 Å². The maximum Gasteiger partial charge on any atom is 0.0860 e. The molecule has 0 aromatic carbocycles. The zero-order valence-electron chi connectivity index (χ0n) is 14.5. The van der Waals surface area contributed by atoms with Gasteiger partial charge in [-0.15, -0.1) is 0 Å². The van der Waals surface area contributed by atoms with Crippen LogP contribution in [-0.2, 0) is 0 Å². The highest BCUT2D eigenvalue weighted by atomic mass is 16.3. The number of hydrogen-bond donors (Lipinski definition) is 2. The minimum Gasteiger partial charge on any atom is -0.393 e. The molecular formula is C20H32O2. The van der Waals surface area contributed by atoms with Gasteiger partial charge in [-0.3, -0.25) is 0 Å². The number of rotatable bonds is 0. The highest BCUT2D eigenvalue weighted by Gasteiger charge is 2.66. The number of hydrogen-bond acceptors (Lipinski definition) is 2. The smallest absolute Gasteiger partial charge is 0.0860 e. The van der Waals surface area contributed by atoms with Gasteiger partial charge in [-0.2, -0.15) is 0 Å². The van der Waals surface area contributed by atoms with Crippen LogP contribution in [0.3, 0.4) is 0 Å². The SMILES string of the molecule is C=C1CC23CCC4C(C)(C)C(O)CCC4(C)C2CCC1(O)C3. The van der Waals surface area contributed by atoms with E-state index in [1.807, 2.05) is 0 Å². The zero-order chi connectivity index (χ0) is 16.0. The van der Waals surface area contributed by atoms with Crippen molar-refractivity contribution in [3.8, 4) is 0 Å². The fourth-order valence-electron chi connectivity index (χ4n) is 7.57. The summed E-state index contributed by atoms with van der Waals surface area (Å²) in [6, 6.07) is 0. The highest BCUT2D eigenvalue weighted by Crippen LogP contribution is 2.72. The molecule has 0 aromatic rings. The van der Waals surface area contributed by atoms with Crippen molar-refractivity contribution in [2.75, 3.05) is 0 Å². The standard InChI is InChI=1S/C20H32O2/c1-13-11-19-9-5-14-17(2,3)16(21)7-8-18(14,4)15(19)6-10-20(13,22)12-19/h14-16,21-22H,1,5-12H2,2-4H3. The topological polar surface area (TPSA) is 40.5 Å². The molecule has 0 aromatic heterocycles. The van der Waals surface area contributed by atoms with Gasteiger partial charge in [-0.1, -0.05) is 27.4 Å². The van der Waals surface area contributed by atoms with E-state index in [1.165, 1.54) is 12.8 Å². The van der Waals surface area contributed by atoms with Crippen LogP contribution in [0.5, 0.6) is 0 Å². The second kappa shape index (κ2) is 4.19. The summed E-state index contributed by atoms with van der Waals surface area (Å²) in [7, 11) is 0. The molecule has 2 nitrogen and oxygen atoms in total. The second-order valence-electron chi connectivity index (χ2n) is 9.92. The molecule has 0 heterocycles. The molecule has 0 aliphatic heterocycles. The van der Waals surface area contributed by atoms with Gasteiger partial charge in [0, 0.05) is 0 Å². The van der Waals surface area contributed by atoms with Gasteiger partial charge in [0.15, 0.2) is 0 Å². The molecule has 4 saturated carbocycles. The summed E-state index contributed by atoms with van der Waals surface area (Å²) in [6.45, 7) is 11.3. The molecule has 0 saturated heterocycles. The van der Waals surface area contributed by atoms with E-state index < -0.39 is 5.60 Å². The molecule has 2 bridgehead atoms. The molecule has 124 valence electrons. The Labute approximate surface area is 135 Å². The summed E-state index contributed by atoms with van der Waals surface area (Å²) in [6.07, 6.45) is 8.42. The Hall–Kier alpha value is -0.340. The van der Waals surface area contributed by atoms with E-state index in [0.717, 1.165) is 44.1 Å². The molecule has 22 heavy (non-hydrogen) atoms. The van der Waals surface area contributed by atoms with Crippen LogP contribution in [0.25, 0.3) is 0 Å². The first-order valence-electron chi connectivity index (χ1n) is 9.23. The van der Waals surface area contributed by atoms with Crippen LogP contribution in [0.15, 0.2) is 12.2 Å². The molecule has 6 atom stereocenters. The molecule has 0 radical (unpaired) electrons. The van der Waals surface area contributed by atoms with Crippen LogP contribution in [0, 0.1) is 28.1 Å². The van der Waals surface area contributed by atoms with Crippen LogP contribution in [0.2, 0.25) is 0 Å². The molecule has 4 rings (SSSR count). The van der Waals surface area contributed by atoms with E-state index in [0.29, 0.717) is 22.7 Å². The summed E-state index contributed by atoms with van der Waals surface area (Å²) in [5.74, 6) is 1.31. The van der Waals surface area contributed by atoms with Gasteiger partial charge in [0.2, 0.25) is 0 Å². The molecule has 4 aliphatic rings. The lowest BCUT2D eigenvalue weighted by atomic mass is 9.40. The van der Waals surface area contributed by atoms with Crippen LogP contribution >= 0.6 is 0 Å². The predicted octanol–water partition coefficient (Wildman–Crippen LogP) is 4.06. The van der Waals surface area contributed by atoms with Crippen molar-refractivity contribution in [2.45, 2.75) is 83.8 Å². The van der Waals surface area contributed by atoms with Gasteiger partial charge in [0.05, 0.1) is 11.7 Å². The summed E-state index contributed by atoms with van der Waals surface area (Å²) >= 11 is 0. The minimum atomic E-state index is -0.566. The number of aliphatic hydroxyl groups is 2. The number of fused-ring (bicyclic) bond motifs is 3. The lowest BCUT2D eigenvalue weighted by molar-refractivity contribution is -0.189. The van der Waals surface area contributed by atoms with Gasteiger partial charge in [0.1, 0.15) is 0 Å². The molecule has 2 N–H and O–H groups in total. The van der Waals surface area contributed by atoms with Gasteiger partial charge in [-0.25, -0.2) is 0 Å². The molecule has 0 amide bonds. The van der Waals surface area contributed by atoms with Crippen molar-refractivity contribution in [3.63, 3.8) is 0 Å². The van der Waals surface area contributed by atoms with E-state index in [1.54, 1.807) is 0 Å². The third-order valence-corrected chi connectivity index (χ3v) is 8.69. The zero-order valence-corrected chi connectivity index (χ0v) is 14.5. The monoisotopic (exact) mass is 304 g/mol. The summed E-state index contributed by atoms with van der Waals surface area (Å²) in [5, 5.41) is 21.5. The quantitative estimate of drug-likeness (QED) is 0.663. The van der Waals surface area contributed by atoms with E-state index in [2.05, 4.69) is 27.4 Å². The van der Waals surface area contributed by atoms with Crippen molar-refractivity contribution < 1.29 is 10.2 Å². The summed E-state index contributed by atoms with van der Waals surface area (Å²) < 4.78 is 0. The van der Waals surface area contributed by atoms with Crippen molar-refractivity contribution in [2.24, 2.45) is 28.1 Å². The van der Waals surface area contributed by atoms with Crippen molar-refractivity contribution in [1.29, 1.82) is 0 Å². The first kappa shape index (κ1) is 15.2. The lowest BCUT2D eigenvalue weighted by Gasteiger charge is -2.65. The fourth-order valence-corrected chi connectivity index (χ4v) is 7.57. The molecule has 4 fully saturated rings. The van der Waals surface area contributed by atoms with Gasteiger partial charge < -0.3 is 10.2 Å². The summed E-state index contributed by atoms with van der Waals surface area (Å²) in [5.41, 5.74) is 1.19. The summed E-state index contributed by atoms with van der Waals surface area (Å²) in [4.78, 5) is 0. The van der Waals surface area contributed by atoms with Crippen LogP contribution in [0.4, 0.5) is 0 Å². The Balaban J connectivity index is 1.75. The molecule has 6 unspecified atom stereocenters. The Bertz CT molecular complexity index is 524. The van der Waals surface area contributed by atoms with Crippen LogP contribution < -0.4 is 0 Å². The number of aliphatic hydroxyl groups excluding tert-OH is 1. The lowest BCUT2D eigenvalue weighted by Crippen LogP contribution is -2.60. The van der Waals surface area contributed by atoms with Crippen molar-refractivity contribution >= 4 is 0 Å². The van der Waals surface area contributed by atoms with Crippen molar-refractivity contribution in [3.05, 3.63) is 12.2 Å². The van der Waals surface area contributed by atoms with Crippen LogP contribution in [-0.4, -0.2) is 21.9 Å². The van der Waals surface area contributed by atoms with E-state index in [-0.39, 0.29) is 11.5 Å². The normalized spacial score (nSPS) is 56.4. The highest BCUT2D eigenvalue weighted by molar-refractivity contribution is 5.29. The van der Waals surface area contributed by atoms with E-state index in [9.17, 15) is 10.2 Å². The predicted molar refractivity (Wildman–Crippen MR) is 88.3 cm³/mol. The third-order valence-electron chi connectivity index (χ3n) is 8.69. The Morgan fingerprint density at radius 3 is 2.41 bits per heavy atom. The van der Waals surface area contributed by atoms with Gasteiger partial charge >= 0.3 is 0 Å². The first-order chi connectivity index (χ1) is 10.1. The molecule has 2 heteroatoms. The van der Waals surface area contributed by atoms with Gasteiger partial charge in [0.25, 0.3) is 0 Å². The molecule has 4 aliphatic carbocycles. The minimum absolute atomic E-state index is 0.0258. The van der Waals surface area contributed by atoms with Crippen molar-refractivity contribution in [1.82, 2.24) is 0 Å². The average molecular weight is 304 g/mol. The Morgan fingerprint density at radius 1 is 1.00 bits per heavy atom. The fraction of sp³-hybridized carbons (Fsp3) is 0.900. The third kappa shape index (κ3) is 1.64. The Morgan fingerprint density at radius 2 is 1.68 bits per heavy atom. The largest absolute Gasteiger partial charge is 0.393 e. The molecule has 1 spiro atoms.